The Morgan fingerprint density at radius 3 is 2.11 bits per heavy atom. The average Bonchev–Trinajstić information content (AvgIpc) is 2.18. The summed E-state index contributed by atoms with van der Waals surface area (Å²) in [4.78, 5) is 10.7. The maximum atomic E-state index is 12.3. The van der Waals surface area contributed by atoms with Gasteiger partial charge in [0, 0.05) is 11.4 Å². The minimum absolute atomic E-state index is 0.319. The number of halogens is 7. The van der Waals surface area contributed by atoms with Crippen LogP contribution >= 0.6 is 11.6 Å². The Bertz CT molecular complexity index is 462. The van der Waals surface area contributed by atoms with Gasteiger partial charge in [0.05, 0.1) is 5.56 Å². The minimum Gasteiger partial charge on any atom is -0.289 e. The summed E-state index contributed by atoms with van der Waals surface area (Å²) in [6.07, 6.45) is -11.0. The van der Waals surface area contributed by atoms with Gasteiger partial charge >= 0.3 is 12.4 Å². The van der Waals surface area contributed by atoms with E-state index >= 15 is 0 Å². The summed E-state index contributed by atoms with van der Waals surface area (Å²) in [5, 5.41) is -0.319. The smallest absolute Gasteiger partial charge is 0.289 e. The van der Waals surface area contributed by atoms with Gasteiger partial charge in [0.1, 0.15) is 0 Å². The number of Topliss-reactive ketones (excluding diaryl/α,β-unsaturated/α-hetero) is 1. The van der Waals surface area contributed by atoms with Crippen LogP contribution in [0, 0.1) is 0 Å². The molecular weight excluding hydrogens is 286 g/mol. The van der Waals surface area contributed by atoms with Gasteiger partial charge in [0.25, 0.3) is 0 Å². The number of hydrogen-bond acceptors (Lipinski definition) is 1. The number of carbonyl (C=O) groups excluding carboxylic acids is 1. The molecule has 0 aromatic heterocycles. The highest BCUT2D eigenvalue weighted by atomic mass is 35.5. The van der Waals surface area contributed by atoms with Gasteiger partial charge in [-0.25, -0.2) is 0 Å². The highest BCUT2D eigenvalue weighted by molar-refractivity contribution is 6.31. The van der Waals surface area contributed by atoms with E-state index in [1.807, 2.05) is 0 Å². The van der Waals surface area contributed by atoms with Crippen molar-refractivity contribution in [3.63, 3.8) is 0 Å². The molecule has 18 heavy (non-hydrogen) atoms. The molecule has 1 nitrogen and oxygen atoms in total. The number of rotatable bonds is 2. The molecule has 0 fully saturated rings. The number of hydrogen-bond donors (Lipinski definition) is 0. The van der Waals surface area contributed by atoms with Crippen LogP contribution in [0.3, 0.4) is 0 Å². The molecule has 0 bridgehead atoms. The Morgan fingerprint density at radius 1 is 1.11 bits per heavy atom. The zero-order valence-corrected chi connectivity index (χ0v) is 9.25. The van der Waals surface area contributed by atoms with E-state index < -0.39 is 35.7 Å². The second kappa shape index (κ2) is 4.79. The molecule has 0 saturated heterocycles. The van der Waals surface area contributed by atoms with Crippen molar-refractivity contribution in [2.75, 3.05) is 0 Å². The summed E-state index contributed by atoms with van der Waals surface area (Å²) in [6, 6.07) is 1.87. The lowest BCUT2D eigenvalue weighted by Gasteiger charge is -2.11. The summed E-state index contributed by atoms with van der Waals surface area (Å²) >= 11 is 5.45. The average molecular weight is 291 g/mol. The lowest BCUT2D eigenvalue weighted by atomic mass is 10.1. The predicted octanol–water partition coefficient (Wildman–Crippen LogP) is 4.03. The van der Waals surface area contributed by atoms with Crippen LogP contribution in [0.15, 0.2) is 18.2 Å². The summed E-state index contributed by atoms with van der Waals surface area (Å²) in [5.74, 6) is -2.15. The van der Waals surface area contributed by atoms with Crippen LogP contribution in [-0.4, -0.2) is 12.0 Å². The van der Waals surface area contributed by atoms with Gasteiger partial charge in [-0.3, -0.25) is 4.79 Å². The zero-order valence-electron chi connectivity index (χ0n) is 8.49. The molecule has 0 aliphatic heterocycles. The third kappa shape index (κ3) is 3.63. The van der Waals surface area contributed by atoms with Gasteiger partial charge in [-0.1, -0.05) is 11.6 Å². The van der Waals surface area contributed by atoms with Crippen molar-refractivity contribution in [2.24, 2.45) is 0 Å². The largest absolute Gasteiger partial charge is 0.450 e. The zero-order chi connectivity index (χ0) is 14.1. The van der Waals surface area contributed by atoms with Crippen LogP contribution < -0.4 is 0 Å². The van der Waals surface area contributed by atoms with Crippen molar-refractivity contribution in [3.8, 4) is 0 Å². The quantitative estimate of drug-likeness (QED) is 0.752. The van der Waals surface area contributed by atoms with E-state index in [0.29, 0.717) is 12.1 Å². The van der Waals surface area contributed by atoms with E-state index in [0.717, 1.165) is 6.07 Å². The first-order valence-electron chi connectivity index (χ1n) is 4.47. The molecule has 100 valence electrons. The first-order valence-corrected chi connectivity index (χ1v) is 4.85. The molecule has 1 rings (SSSR count). The summed E-state index contributed by atoms with van der Waals surface area (Å²) < 4.78 is 72.9. The van der Waals surface area contributed by atoms with Gasteiger partial charge in [-0.15, -0.1) is 0 Å². The molecule has 0 N–H and O–H groups in total. The monoisotopic (exact) mass is 290 g/mol. The second-order valence-electron chi connectivity index (χ2n) is 3.40. The summed E-state index contributed by atoms with van der Waals surface area (Å²) in [6.45, 7) is 0. The third-order valence-electron chi connectivity index (χ3n) is 2.04. The Morgan fingerprint density at radius 2 is 1.67 bits per heavy atom. The molecule has 0 unspecified atom stereocenters. The van der Waals surface area contributed by atoms with E-state index in [1.165, 1.54) is 0 Å². The molecule has 0 heterocycles. The first-order chi connectivity index (χ1) is 8.01. The standard InChI is InChI=1S/C10H5ClF6O/c11-7-2-1-6(9(12,13)14)3-5(7)4-8(18)10(15,16)17/h1-3H,4H2. The van der Waals surface area contributed by atoms with Crippen LogP contribution in [0.5, 0.6) is 0 Å². The van der Waals surface area contributed by atoms with Crippen molar-refractivity contribution in [1.82, 2.24) is 0 Å². The summed E-state index contributed by atoms with van der Waals surface area (Å²) in [5.41, 5.74) is -1.66. The van der Waals surface area contributed by atoms with E-state index in [-0.39, 0.29) is 5.02 Å². The molecule has 0 spiro atoms. The highest BCUT2D eigenvalue weighted by Gasteiger charge is 2.38. The number of carbonyl (C=O) groups is 1. The molecule has 0 atom stereocenters. The van der Waals surface area contributed by atoms with E-state index in [2.05, 4.69) is 0 Å². The molecule has 8 heteroatoms. The number of alkyl halides is 6. The predicted molar refractivity (Wildman–Crippen MR) is 51.2 cm³/mol. The lowest BCUT2D eigenvalue weighted by molar-refractivity contribution is -0.170. The lowest BCUT2D eigenvalue weighted by Crippen LogP contribution is -2.24. The first kappa shape index (κ1) is 14.8. The Hall–Kier alpha value is -1.24. The van der Waals surface area contributed by atoms with E-state index in [1.54, 1.807) is 0 Å². The molecular formula is C10H5ClF6O. The summed E-state index contributed by atoms with van der Waals surface area (Å²) in [7, 11) is 0. The molecule has 0 radical (unpaired) electrons. The molecule has 0 amide bonds. The maximum absolute atomic E-state index is 12.3. The fourth-order valence-electron chi connectivity index (χ4n) is 1.16. The fourth-order valence-corrected chi connectivity index (χ4v) is 1.34. The topological polar surface area (TPSA) is 17.1 Å². The van der Waals surface area contributed by atoms with Crippen LogP contribution in [0.1, 0.15) is 11.1 Å². The van der Waals surface area contributed by atoms with Gasteiger partial charge in [0.2, 0.25) is 5.78 Å². The molecule has 1 aromatic carbocycles. The maximum Gasteiger partial charge on any atom is 0.450 e. The van der Waals surface area contributed by atoms with Crippen LogP contribution in [0.4, 0.5) is 26.3 Å². The van der Waals surface area contributed by atoms with Gasteiger partial charge < -0.3 is 0 Å². The van der Waals surface area contributed by atoms with Crippen molar-refractivity contribution in [1.29, 1.82) is 0 Å². The molecule has 0 saturated carbocycles. The Labute approximate surface area is 102 Å². The van der Waals surface area contributed by atoms with Gasteiger partial charge in [-0.05, 0) is 23.8 Å². The van der Waals surface area contributed by atoms with E-state index in [4.69, 9.17) is 11.6 Å². The van der Waals surface area contributed by atoms with Crippen molar-refractivity contribution in [3.05, 3.63) is 34.3 Å². The van der Waals surface area contributed by atoms with E-state index in [9.17, 15) is 31.1 Å². The highest BCUT2D eigenvalue weighted by Crippen LogP contribution is 2.32. The van der Waals surface area contributed by atoms with Crippen LogP contribution in [0.2, 0.25) is 5.02 Å². The Kier molecular flexibility index (Phi) is 3.95. The van der Waals surface area contributed by atoms with Crippen molar-refractivity contribution < 1.29 is 31.1 Å². The van der Waals surface area contributed by atoms with Crippen LogP contribution in [0.25, 0.3) is 0 Å². The SMILES string of the molecule is O=C(Cc1cc(C(F)(F)F)ccc1Cl)C(F)(F)F. The molecule has 0 aliphatic rings. The molecule has 1 aromatic rings. The van der Waals surface area contributed by atoms with Crippen LogP contribution in [-0.2, 0) is 17.4 Å². The fraction of sp³-hybridized carbons (Fsp3) is 0.300. The van der Waals surface area contributed by atoms with Crippen molar-refractivity contribution >= 4 is 17.4 Å². The second-order valence-corrected chi connectivity index (χ2v) is 3.81. The molecule has 0 aliphatic carbocycles. The third-order valence-corrected chi connectivity index (χ3v) is 2.41. The Balaban J connectivity index is 3.06. The number of benzene rings is 1. The normalized spacial score (nSPS) is 12.6. The van der Waals surface area contributed by atoms with Gasteiger partial charge in [-0.2, -0.15) is 26.3 Å². The van der Waals surface area contributed by atoms with Crippen molar-refractivity contribution in [2.45, 2.75) is 18.8 Å². The minimum atomic E-state index is -5.10. The van der Waals surface area contributed by atoms with Gasteiger partial charge in [0.15, 0.2) is 0 Å². The number of ketones is 1.